The third-order valence-corrected chi connectivity index (χ3v) is 10.5. The summed E-state index contributed by atoms with van der Waals surface area (Å²) < 4.78 is 29.7. The van der Waals surface area contributed by atoms with Gasteiger partial charge in [0, 0.05) is 34.6 Å². The molecule has 47 heavy (non-hydrogen) atoms. The summed E-state index contributed by atoms with van der Waals surface area (Å²) in [6, 6.07) is 25.2. The highest BCUT2D eigenvalue weighted by Crippen LogP contribution is 2.30. The van der Waals surface area contributed by atoms with Crippen molar-refractivity contribution in [3.63, 3.8) is 0 Å². The molecule has 0 saturated carbocycles. The van der Waals surface area contributed by atoms with Crippen LogP contribution in [0.4, 0.5) is 5.69 Å². The molecule has 7 nitrogen and oxygen atoms in total. The van der Waals surface area contributed by atoms with Crippen LogP contribution >= 0.6 is 23.2 Å². The molecule has 248 valence electrons. The molecule has 2 amide bonds. The number of carbonyl (C=O) groups is 2. The summed E-state index contributed by atoms with van der Waals surface area (Å²) in [4.78, 5) is 30.2. The SMILES string of the molecule is CCC(C)NC(=O)C(Cc1ccccc1)N(Cc1c(Cl)cccc1Cl)C(=O)CN(c1cc(C)cc(C)c1)S(=O)(=O)c1ccc(C)cc1. The van der Waals surface area contributed by atoms with Gasteiger partial charge in [-0.25, -0.2) is 8.42 Å². The summed E-state index contributed by atoms with van der Waals surface area (Å²) in [5.41, 5.74) is 4.21. The van der Waals surface area contributed by atoms with Gasteiger partial charge in [0.25, 0.3) is 10.0 Å². The van der Waals surface area contributed by atoms with Gasteiger partial charge in [0.15, 0.2) is 0 Å². The van der Waals surface area contributed by atoms with Gasteiger partial charge in [-0.2, -0.15) is 0 Å². The van der Waals surface area contributed by atoms with Crippen molar-refractivity contribution in [1.29, 1.82) is 0 Å². The molecule has 0 spiro atoms. The summed E-state index contributed by atoms with van der Waals surface area (Å²) in [6.07, 6.45) is 0.870. The first-order valence-electron chi connectivity index (χ1n) is 15.5. The van der Waals surface area contributed by atoms with Crippen LogP contribution < -0.4 is 9.62 Å². The van der Waals surface area contributed by atoms with Crippen molar-refractivity contribution in [1.82, 2.24) is 10.2 Å². The van der Waals surface area contributed by atoms with Gasteiger partial charge in [-0.05, 0) is 87.2 Å². The predicted molar refractivity (Wildman–Crippen MR) is 190 cm³/mol. The Labute approximate surface area is 288 Å². The van der Waals surface area contributed by atoms with E-state index in [1.807, 2.05) is 71.0 Å². The average molecular weight is 695 g/mol. The normalized spacial score (nSPS) is 12.7. The van der Waals surface area contributed by atoms with E-state index in [2.05, 4.69) is 5.32 Å². The molecule has 2 atom stereocenters. The van der Waals surface area contributed by atoms with Gasteiger partial charge < -0.3 is 10.2 Å². The number of sulfonamides is 1. The van der Waals surface area contributed by atoms with Crippen LogP contribution in [0.2, 0.25) is 10.0 Å². The van der Waals surface area contributed by atoms with E-state index in [0.29, 0.717) is 27.7 Å². The third kappa shape index (κ3) is 9.15. The Hall–Kier alpha value is -3.85. The highest BCUT2D eigenvalue weighted by atomic mass is 35.5. The van der Waals surface area contributed by atoms with E-state index in [4.69, 9.17) is 23.2 Å². The number of benzene rings is 4. The van der Waals surface area contributed by atoms with Crippen molar-refractivity contribution in [2.75, 3.05) is 10.8 Å². The number of nitrogens with one attached hydrogen (secondary N) is 1. The van der Waals surface area contributed by atoms with Crippen molar-refractivity contribution in [2.24, 2.45) is 0 Å². The quantitative estimate of drug-likeness (QED) is 0.156. The number of aryl methyl sites for hydroxylation is 3. The Balaban J connectivity index is 1.87. The molecular formula is C37H41Cl2N3O4S. The van der Waals surface area contributed by atoms with Crippen LogP contribution in [0.3, 0.4) is 0 Å². The molecule has 4 aromatic rings. The zero-order valence-corrected chi connectivity index (χ0v) is 29.7. The number of rotatable bonds is 13. The Morgan fingerprint density at radius 3 is 1.98 bits per heavy atom. The Morgan fingerprint density at radius 1 is 0.809 bits per heavy atom. The fraction of sp³-hybridized carbons (Fsp3) is 0.297. The molecule has 0 heterocycles. The van der Waals surface area contributed by atoms with Crippen molar-refractivity contribution in [3.8, 4) is 0 Å². The maximum absolute atomic E-state index is 14.7. The lowest BCUT2D eigenvalue weighted by molar-refractivity contribution is -0.140. The van der Waals surface area contributed by atoms with Gasteiger partial charge in [-0.3, -0.25) is 13.9 Å². The molecular weight excluding hydrogens is 653 g/mol. The van der Waals surface area contributed by atoms with Crippen LogP contribution in [0.25, 0.3) is 0 Å². The number of halogens is 2. The topological polar surface area (TPSA) is 86.8 Å². The molecule has 0 bridgehead atoms. The molecule has 4 rings (SSSR count). The largest absolute Gasteiger partial charge is 0.352 e. The van der Waals surface area contributed by atoms with Gasteiger partial charge in [0.2, 0.25) is 11.8 Å². The first-order chi connectivity index (χ1) is 22.3. The minimum absolute atomic E-state index is 0.0473. The third-order valence-electron chi connectivity index (χ3n) is 8.04. The van der Waals surface area contributed by atoms with Crippen molar-refractivity contribution < 1.29 is 18.0 Å². The Bertz CT molecular complexity index is 1780. The van der Waals surface area contributed by atoms with Crippen LogP contribution in [0, 0.1) is 20.8 Å². The van der Waals surface area contributed by atoms with E-state index in [-0.39, 0.29) is 29.8 Å². The standard InChI is InChI=1S/C37H41Cl2N3O4S/c1-6-28(5)40-37(44)35(22-29-11-8-7-9-12-29)41(23-32-33(38)13-10-14-34(32)39)36(43)24-42(30-20-26(3)19-27(4)21-30)47(45,46)31-17-15-25(2)16-18-31/h7-21,28,35H,6,22-24H2,1-5H3,(H,40,44). The van der Waals surface area contributed by atoms with Gasteiger partial charge in [0.05, 0.1) is 10.6 Å². The molecule has 0 fully saturated rings. The van der Waals surface area contributed by atoms with Crippen molar-refractivity contribution in [3.05, 3.63) is 129 Å². The van der Waals surface area contributed by atoms with Crippen LogP contribution in [-0.4, -0.2) is 43.8 Å². The van der Waals surface area contributed by atoms with E-state index in [1.54, 1.807) is 42.5 Å². The van der Waals surface area contributed by atoms with E-state index in [1.165, 1.54) is 17.0 Å². The Kier molecular flexibility index (Phi) is 12.1. The first-order valence-corrected chi connectivity index (χ1v) is 17.7. The first kappa shape index (κ1) is 36.0. The zero-order chi connectivity index (χ0) is 34.3. The average Bonchev–Trinajstić information content (AvgIpc) is 3.02. The molecule has 0 aliphatic heterocycles. The summed E-state index contributed by atoms with van der Waals surface area (Å²) in [5.74, 6) is -0.949. The van der Waals surface area contributed by atoms with E-state index in [9.17, 15) is 18.0 Å². The van der Waals surface area contributed by atoms with Gasteiger partial charge >= 0.3 is 0 Å². The molecule has 0 aliphatic carbocycles. The second-order valence-electron chi connectivity index (χ2n) is 11.9. The molecule has 0 aliphatic rings. The molecule has 4 aromatic carbocycles. The van der Waals surface area contributed by atoms with Crippen molar-refractivity contribution in [2.45, 2.75) is 71.0 Å². The Morgan fingerprint density at radius 2 is 1.40 bits per heavy atom. The minimum Gasteiger partial charge on any atom is -0.352 e. The van der Waals surface area contributed by atoms with Crippen LogP contribution in [0.15, 0.2) is 95.9 Å². The second kappa shape index (κ2) is 15.8. The summed E-state index contributed by atoms with van der Waals surface area (Å²) in [7, 11) is -4.22. The fourth-order valence-electron chi connectivity index (χ4n) is 5.31. The molecule has 0 saturated heterocycles. The maximum Gasteiger partial charge on any atom is 0.264 e. The van der Waals surface area contributed by atoms with Crippen LogP contribution in [-0.2, 0) is 32.6 Å². The summed E-state index contributed by atoms with van der Waals surface area (Å²) in [5, 5.41) is 3.69. The lowest BCUT2D eigenvalue weighted by Gasteiger charge is -2.34. The van der Waals surface area contributed by atoms with Crippen LogP contribution in [0.1, 0.15) is 48.1 Å². The smallest absolute Gasteiger partial charge is 0.264 e. The monoisotopic (exact) mass is 693 g/mol. The lowest BCUT2D eigenvalue weighted by atomic mass is 10.0. The number of hydrogen-bond donors (Lipinski definition) is 1. The van der Waals surface area contributed by atoms with Crippen molar-refractivity contribution >= 4 is 50.7 Å². The van der Waals surface area contributed by atoms with Gasteiger partial charge in [-0.15, -0.1) is 0 Å². The number of hydrogen-bond acceptors (Lipinski definition) is 4. The molecule has 2 unspecified atom stereocenters. The van der Waals surface area contributed by atoms with Crippen LogP contribution in [0.5, 0.6) is 0 Å². The number of anilines is 1. The van der Waals surface area contributed by atoms with E-state index in [0.717, 1.165) is 26.6 Å². The molecule has 0 aromatic heterocycles. The fourth-order valence-corrected chi connectivity index (χ4v) is 7.22. The summed E-state index contributed by atoms with van der Waals surface area (Å²) >= 11 is 13.2. The number of nitrogens with zero attached hydrogens (tertiary/aromatic N) is 2. The highest BCUT2D eigenvalue weighted by Gasteiger charge is 2.35. The maximum atomic E-state index is 14.7. The predicted octanol–water partition coefficient (Wildman–Crippen LogP) is 7.67. The zero-order valence-electron chi connectivity index (χ0n) is 27.3. The lowest BCUT2D eigenvalue weighted by Crippen LogP contribution is -2.54. The van der Waals surface area contributed by atoms with Gasteiger partial charge in [0.1, 0.15) is 12.6 Å². The second-order valence-corrected chi connectivity index (χ2v) is 14.6. The number of amides is 2. The number of carbonyl (C=O) groups excluding carboxylic acids is 2. The molecule has 1 N–H and O–H groups in total. The highest BCUT2D eigenvalue weighted by molar-refractivity contribution is 7.92. The molecule has 10 heteroatoms. The summed E-state index contributed by atoms with van der Waals surface area (Å²) in [6.45, 7) is 8.78. The van der Waals surface area contributed by atoms with E-state index >= 15 is 0 Å². The molecule has 0 radical (unpaired) electrons. The minimum atomic E-state index is -4.22. The van der Waals surface area contributed by atoms with E-state index < -0.39 is 28.5 Å². The van der Waals surface area contributed by atoms with Gasteiger partial charge in [-0.1, -0.05) is 90.3 Å².